The van der Waals surface area contributed by atoms with Gasteiger partial charge in [-0.2, -0.15) is 10.2 Å². The summed E-state index contributed by atoms with van der Waals surface area (Å²) in [6.45, 7) is 1.57. The maximum absolute atomic E-state index is 13.3. The third-order valence-corrected chi connectivity index (χ3v) is 6.12. The number of ether oxygens (including phenoxy) is 1. The molecule has 2 aliphatic heterocycles. The molecule has 2 aromatic heterocycles. The van der Waals surface area contributed by atoms with Gasteiger partial charge in [0.25, 0.3) is 11.8 Å². The van der Waals surface area contributed by atoms with Crippen molar-refractivity contribution in [3.63, 3.8) is 0 Å². The minimum atomic E-state index is -0.723. The first kappa shape index (κ1) is 21.6. The van der Waals surface area contributed by atoms with Gasteiger partial charge in [0.15, 0.2) is 5.82 Å². The van der Waals surface area contributed by atoms with Crippen LogP contribution in [0.25, 0.3) is 5.82 Å². The van der Waals surface area contributed by atoms with Crippen molar-refractivity contribution in [3.8, 4) is 11.6 Å². The number of carbonyl (C=O) groups is 3. The minimum absolute atomic E-state index is 0.0788. The second-order valence-corrected chi connectivity index (χ2v) is 8.01. The topological polar surface area (TPSA) is 123 Å². The van der Waals surface area contributed by atoms with Crippen LogP contribution >= 0.6 is 0 Å². The van der Waals surface area contributed by atoms with Gasteiger partial charge in [-0.15, -0.1) is 4.80 Å². The van der Waals surface area contributed by atoms with Crippen LogP contribution in [0.3, 0.4) is 0 Å². The lowest BCUT2D eigenvalue weighted by Gasteiger charge is -2.34. The lowest BCUT2D eigenvalue weighted by Crippen LogP contribution is -2.52. The van der Waals surface area contributed by atoms with E-state index in [1.54, 1.807) is 17.0 Å². The van der Waals surface area contributed by atoms with Crippen molar-refractivity contribution in [2.75, 3.05) is 45.2 Å². The minimum Gasteiger partial charge on any atom is -0.495 e. The average molecular weight is 461 g/mol. The van der Waals surface area contributed by atoms with Gasteiger partial charge in [0.05, 0.1) is 37.3 Å². The molecular formula is C23H23N7O4. The Morgan fingerprint density at radius 3 is 2.35 bits per heavy atom. The molecule has 5 rings (SSSR count). The predicted octanol–water partition coefficient (Wildman–Crippen LogP) is 0.734. The smallest absolute Gasteiger partial charge is 0.290 e. The molecule has 2 aliphatic rings. The Labute approximate surface area is 195 Å². The Balaban J connectivity index is 1.31. The number of fused-ring (bicyclic) bond motifs is 1. The van der Waals surface area contributed by atoms with E-state index in [-0.39, 0.29) is 12.5 Å². The summed E-state index contributed by atoms with van der Waals surface area (Å²) in [5, 5.41) is 11.4. The first-order valence-electron chi connectivity index (χ1n) is 10.9. The first-order valence-corrected chi connectivity index (χ1v) is 10.9. The van der Waals surface area contributed by atoms with E-state index in [1.165, 1.54) is 35.4 Å². The number of amides is 2. The van der Waals surface area contributed by atoms with Gasteiger partial charge in [0, 0.05) is 43.9 Å². The molecule has 3 aromatic rings. The number of aromatic nitrogens is 4. The van der Waals surface area contributed by atoms with Crippen LogP contribution in [-0.4, -0.2) is 87.2 Å². The van der Waals surface area contributed by atoms with Gasteiger partial charge < -0.3 is 19.9 Å². The summed E-state index contributed by atoms with van der Waals surface area (Å²) < 4.78 is 5.44. The monoisotopic (exact) mass is 461 g/mol. The van der Waals surface area contributed by atoms with E-state index in [9.17, 15) is 14.4 Å². The highest BCUT2D eigenvalue weighted by Gasteiger charge is 2.40. The maximum atomic E-state index is 13.3. The molecular weight excluding hydrogens is 438 g/mol. The molecule has 4 heterocycles. The number of rotatable bonds is 5. The zero-order valence-electron chi connectivity index (χ0n) is 18.5. The van der Waals surface area contributed by atoms with E-state index in [0.717, 1.165) is 0 Å². The van der Waals surface area contributed by atoms with Crippen molar-refractivity contribution >= 4 is 23.3 Å². The zero-order valence-corrected chi connectivity index (χ0v) is 18.5. The standard InChI is InChI=1S/C23H23N7O4/c1-34-17-14-25-21(30-26-7-8-27-30)19-18(17)16(13-24-19)20(31)23(33)29-11-9-28(10-12-29)22(32)15-5-3-2-4-6-15/h2-8,14,16,24H,9-13H2,1H3. The van der Waals surface area contributed by atoms with Crippen LogP contribution in [0.1, 0.15) is 21.8 Å². The van der Waals surface area contributed by atoms with E-state index >= 15 is 0 Å². The van der Waals surface area contributed by atoms with Gasteiger partial charge in [-0.1, -0.05) is 18.2 Å². The van der Waals surface area contributed by atoms with Crippen molar-refractivity contribution in [2.24, 2.45) is 0 Å². The summed E-state index contributed by atoms with van der Waals surface area (Å²) >= 11 is 0. The fourth-order valence-electron chi connectivity index (χ4n) is 4.37. The fourth-order valence-corrected chi connectivity index (χ4v) is 4.37. The molecule has 11 nitrogen and oxygen atoms in total. The Morgan fingerprint density at radius 1 is 1.00 bits per heavy atom. The van der Waals surface area contributed by atoms with E-state index in [4.69, 9.17) is 4.74 Å². The van der Waals surface area contributed by atoms with Crippen LogP contribution < -0.4 is 10.1 Å². The number of anilines is 1. The van der Waals surface area contributed by atoms with Crippen LogP contribution in [-0.2, 0) is 9.59 Å². The van der Waals surface area contributed by atoms with Gasteiger partial charge >= 0.3 is 0 Å². The second-order valence-electron chi connectivity index (χ2n) is 8.01. The molecule has 1 aromatic carbocycles. The molecule has 0 spiro atoms. The lowest BCUT2D eigenvalue weighted by atomic mass is 9.95. The molecule has 11 heteroatoms. The quantitative estimate of drug-likeness (QED) is 0.552. The van der Waals surface area contributed by atoms with Crippen molar-refractivity contribution in [1.82, 2.24) is 29.8 Å². The Bertz CT molecular complexity index is 1220. The van der Waals surface area contributed by atoms with Crippen molar-refractivity contribution in [3.05, 3.63) is 60.0 Å². The molecule has 174 valence electrons. The summed E-state index contributed by atoms with van der Waals surface area (Å²) in [5.41, 5.74) is 1.75. The molecule has 34 heavy (non-hydrogen) atoms. The molecule has 1 unspecified atom stereocenters. The molecule has 1 fully saturated rings. The van der Waals surface area contributed by atoms with E-state index in [1.807, 2.05) is 18.2 Å². The van der Waals surface area contributed by atoms with Crippen LogP contribution in [0.2, 0.25) is 0 Å². The molecule has 2 amide bonds. The number of nitrogens with zero attached hydrogens (tertiary/aromatic N) is 6. The van der Waals surface area contributed by atoms with E-state index < -0.39 is 17.6 Å². The second kappa shape index (κ2) is 8.93. The first-order chi connectivity index (χ1) is 16.6. The molecule has 0 saturated carbocycles. The number of benzene rings is 1. The van der Waals surface area contributed by atoms with E-state index in [2.05, 4.69) is 20.5 Å². The van der Waals surface area contributed by atoms with Crippen LogP contribution in [0.5, 0.6) is 5.75 Å². The summed E-state index contributed by atoms with van der Waals surface area (Å²) in [4.78, 5) is 48.0. The third-order valence-electron chi connectivity index (χ3n) is 6.12. The molecule has 0 radical (unpaired) electrons. The Morgan fingerprint density at radius 2 is 1.68 bits per heavy atom. The molecule has 0 aliphatic carbocycles. The van der Waals surface area contributed by atoms with Crippen molar-refractivity contribution < 1.29 is 19.1 Å². The predicted molar refractivity (Wildman–Crippen MR) is 121 cm³/mol. The van der Waals surface area contributed by atoms with Crippen LogP contribution in [0.4, 0.5) is 5.69 Å². The highest BCUT2D eigenvalue weighted by Crippen LogP contribution is 2.41. The number of methoxy groups -OCH3 is 1. The average Bonchev–Trinajstić information content (AvgIpc) is 3.58. The SMILES string of the molecule is COc1cnc(-n2nccn2)c2c1C(C(=O)C(=O)N1CCN(C(=O)c3ccccc3)CC1)CN2. The number of hydrogen-bond acceptors (Lipinski definition) is 8. The largest absolute Gasteiger partial charge is 0.495 e. The summed E-state index contributed by atoms with van der Waals surface area (Å²) in [5.74, 6) is -1.05. The van der Waals surface area contributed by atoms with Crippen LogP contribution in [0, 0.1) is 0 Å². The number of carbonyl (C=O) groups excluding carboxylic acids is 3. The molecule has 1 atom stereocenters. The highest BCUT2D eigenvalue weighted by molar-refractivity contribution is 6.38. The lowest BCUT2D eigenvalue weighted by molar-refractivity contribution is -0.146. The van der Waals surface area contributed by atoms with E-state index in [0.29, 0.717) is 54.6 Å². The number of piperazine rings is 1. The number of pyridine rings is 1. The molecule has 0 bridgehead atoms. The third kappa shape index (κ3) is 3.74. The van der Waals surface area contributed by atoms with Gasteiger partial charge in [-0.05, 0) is 12.1 Å². The van der Waals surface area contributed by atoms with Gasteiger partial charge in [-0.3, -0.25) is 14.4 Å². The van der Waals surface area contributed by atoms with Gasteiger partial charge in [0.1, 0.15) is 5.75 Å². The molecule has 1 N–H and O–H groups in total. The number of Topliss-reactive ketones (excluding diaryl/α,β-unsaturated/α-hetero) is 1. The maximum Gasteiger partial charge on any atom is 0.290 e. The number of ketones is 1. The number of hydrogen-bond donors (Lipinski definition) is 1. The normalized spacial score (nSPS) is 17.1. The Kier molecular flexibility index (Phi) is 5.66. The summed E-state index contributed by atoms with van der Waals surface area (Å²) in [7, 11) is 1.49. The van der Waals surface area contributed by atoms with Gasteiger partial charge in [-0.25, -0.2) is 4.98 Å². The van der Waals surface area contributed by atoms with Gasteiger partial charge in [0.2, 0.25) is 5.78 Å². The van der Waals surface area contributed by atoms with Crippen molar-refractivity contribution in [1.29, 1.82) is 0 Å². The van der Waals surface area contributed by atoms with Crippen molar-refractivity contribution in [2.45, 2.75) is 5.92 Å². The highest BCUT2D eigenvalue weighted by atomic mass is 16.5. The number of nitrogens with one attached hydrogen (secondary N) is 1. The summed E-state index contributed by atoms with van der Waals surface area (Å²) in [6.07, 6.45) is 4.56. The zero-order chi connectivity index (χ0) is 23.7. The fraction of sp³-hybridized carbons (Fsp3) is 0.304. The summed E-state index contributed by atoms with van der Waals surface area (Å²) in [6, 6.07) is 9.02. The Hall–Kier alpha value is -4.28. The van der Waals surface area contributed by atoms with Crippen LogP contribution in [0.15, 0.2) is 48.9 Å². The molecule has 1 saturated heterocycles.